The third-order valence-electron chi connectivity index (χ3n) is 4.28. The van der Waals surface area contributed by atoms with E-state index in [1.54, 1.807) is 30.3 Å². The molecule has 7 nitrogen and oxygen atoms in total. The molecule has 2 aromatic carbocycles. The van der Waals surface area contributed by atoms with Crippen LogP contribution in [0.15, 0.2) is 65.3 Å². The van der Waals surface area contributed by atoms with E-state index in [9.17, 15) is 19.2 Å². The fraction of sp³-hybridized carbons (Fsp3) is 0.0476. The van der Waals surface area contributed by atoms with E-state index >= 15 is 0 Å². The van der Waals surface area contributed by atoms with Crippen molar-refractivity contribution in [3.8, 4) is 0 Å². The molecule has 138 valence electrons. The molecule has 0 unspecified atom stereocenters. The number of hydrogen-bond acceptors (Lipinski definition) is 6. The van der Waals surface area contributed by atoms with Gasteiger partial charge in [-0.3, -0.25) is 14.4 Å². The van der Waals surface area contributed by atoms with Crippen molar-refractivity contribution in [2.45, 2.75) is 0 Å². The number of benzene rings is 2. The number of ether oxygens (including phenoxy) is 1. The predicted octanol–water partition coefficient (Wildman–Crippen LogP) is 2.85. The number of ketones is 2. The molecule has 0 bridgehead atoms. The van der Waals surface area contributed by atoms with Crippen molar-refractivity contribution in [1.82, 2.24) is 0 Å². The first kappa shape index (κ1) is 17.4. The van der Waals surface area contributed by atoms with E-state index in [0.717, 1.165) is 0 Å². The number of fused-ring (bicyclic) bond motifs is 2. The van der Waals surface area contributed by atoms with Crippen LogP contribution in [0, 0.1) is 0 Å². The summed E-state index contributed by atoms with van der Waals surface area (Å²) in [6.07, 6.45) is 1.31. The second kappa shape index (κ2) is 6.96. The Morgan fingerprint density at radius 3 is 2.29 bits per heavy atom. The quantitative estimate of drug-likeness (QED) is 0.550. The number of furan rings is 1. The number of rotatable bonds is 4. The maximum atomic E-state index is 12.9. The molecule has 1 heterocycles. The topological polar surface area (TPSA) is 103 Å². The van der Waals surface area contributed by atoms with Crippen molar-refractivity contribution in [2.75, 3.05) is 11.9 Å². The van der Waals surface area contributed by atoms with Crippen LogP contribution in [0.5, 0.6) is 0 Å². The molecule has 1 aliphatic carbocycles. The van der Waals surface area contributed by atoms with E-state index in [2.05, 4.69) is 5.32 Å². The van der Waals surface area contributed by atoms with Crippen LogP contribution >= 0.6 is 0 Å². The van der Waals surface area contributed by atoms with E-state index in [1.165, 1.54) is 30.5 Å². The summed E-state index contributed by atoms with van der Waals surface area (Å²) in [5.74, 6) is -2.09. The summed E-state index contributed by atoms with van der Waals surface area (Å²) in [6, 6.07) is 14.1. The number of carbonyl (C=O) groups excluding carboxylic acids is 4. The van der Waals surface area contributed by atoms with Gasteiger partial charge in [0.25, 0.3) is 5.91 Å². The number of anilines is 1. The molecule has 1 aromatic heterocycles. The second-order valence-corrected chi connectivity index (χ2v) is 6.03. The first-order chi connectivity index (χ1) is 13.6. The van der Waals surface area contributed by atoms with Crippen LogP contribution in [0.25, 0.3) is 0 Å². The van der Waals surface area contributed by atoms with E-state index in [-0.39, 0.29) is 39.7 Å². The Morgan fingerprint density at radius 1 is 0.857 bits per heavy atom. The molecule has 1 N–H and O–H groups in total. The highest BCUT2D eigenvalue weighted by Crippen LogP contribution is 2.31. The summed E-state index contributed by atoms with van der Waals surface area (Å²) >= 11 is 0. The van der Waals surface area contributed by atoms with Gasteiger partial charge in [0.15, 0.2) is 18.2 Å². The van der Waals surface area contributed by atoms with Gasteiger partial charge in [-0.15, -0.1) is 0 Å². The lowest BCUT2D eigenvalue weighted by atomic mass is 9.83. The monoisotopic (exact) mass is 375 g/mol. The van der Waals surface area contributed by atoms with E-state index in [4.69, 9.17) is 9.15 Å². The molecule has 0 radical (unpaired) electrons. The van der Waals surface area contributed by atoms with Crippen LogP contribution in [0.1, 0.15) is 42.4 Å². The van der Waals surface area contributed by atoms with Gasteiger partial charge < -0.3 is 14.5 Å². The molecule has 1 amide bonds. The zero-order valence-electron chi connectivity index (χ0n) is 14.4. The number of hydrogen-bond donors (Lipinski definition) is 1. The maximum absolute atomic E-state index is 12.9. The largest absolute Gasteiger partial charge is 0.457 e. The molecule has 0 spiro atoms. The SMILES string of the molecule is O=C(COC(=O)c1ccco1)Nc1cccc2c1C(=O)c1ccccc1C2=O. The summed E-state index contributed by atoms with van der Waals surface area (Å²) in [5, 5.41) is 2.53. The molecule has 3 aromatic rings. The highest BCUT2D eigenvalue weighted by Gasteiger charge is 2.31. The van der Waals surface area contributed by atoms with Crippen molar-refractivity contribution in [1.29, 1.82) is 0 Å². The van der Waals surface area contributed by atoms with Crippen LogP contribution in [-0.4, -0.2) is 30.0 Å². The zero-order valence-corrected chi connectivity index (χ0v) is 14.4. The Morgan fingerprint density at radius 2 is 1.57 bits per heavy atom. The summed E-state index contributed by atoms with van der Waals surface area (Å²) in [6.45, 7) is -0.568. The molecule has 0 aliphatic heterocycles. The normalized spacial score (nSPS) is 12.1. The van der Waals surface area contributed by atoms with E-state index < -0.39 is 18.5 Å². The van der Waals surface area contributed by atoms with Crippen LogP contribution in [0.2, 0.25) is 0 Å². The molecular formula is C21H13NO6. The smallest absolute Gasteiger partial charge is 0.374 e. The molecule has 0 atom stereocenters. The number of esters is 1. The molecule has 0 fully saturated rings. The lowest BCUT2D eigenvalue weighted by Crippen LogP contribution is -2.26. The minimum Gasteiger partial charge on any atom is -0.457 e. The molecule has 4 rings (SSSR count). The fourth-order valence-electron chi connectivity index (χ4n) is 3.03. The molecule has 0 saturated heterocycles. The minimum absolute atomic E-state index is 0.0257. The average molecular weight is 375 g/mol. The highest BCUT2D eigenvalue weighted by atomic mass is 16.5. The van der Waals surface area contributed by atoms with Gasteiger partial charge in [-0.1, -0.05) is 36.4 Å². The van der Waals surface area contributed by atoms with Gasteiger partial charge in [-0.05, 0) is 18.2 Å². The van der Waals surface area contributed by atoms with E-state index in [0.29, 0.717) is 5.56 Å². The molecule has 1 aliphatic rings. The first-order valence-corrected chi connectivity index (χ1v) is 8.38. The van der Waals surface area contributed by atoms with Gasteiger partial charge in [0, 0.05) is 16.7 Å². The third kappa shape index (κ3) is 2.99. The van der Waals surface area contributed by atoms with Crippen LogP contribution in [0.4, 0.5) is 5.69 Å². The number of nitrogens with one attached hydrogen (secondary N) is 1. The summed E-state index contributed by atoms with van der Waals surface area (Å²) in [4.78, 5) is 49.5. The van der Waals surface area contributed by atoms with Gasteiger partial charge in [0.1, 0.15) is 0 Å². The minimum atomic E-state index is -0.782. The van der Waals surface area contributed by atoms with Crippen LogP contribution < -0.4 is 5.32 Å². The molecular weight excluding hydrogens is 362 g/mol. The zero-order chi connectivity index (χ0) is 19.7. The first-order valence-electron chi connectivity index (χ1n) is 8.38. The Balaban J connectivity index is 1.55. The van der Waals surface area contributed by atoms with Crippen molar-refractivity contribution >= 4 is 29.1 Å². The number of amides is 1. The Hall–Kier alpha value is -4.00. The van der Waals surface area contributed by atoms with Gasteiger partial charge in [-0.2, -0.15) is 0 Å². The van der Waals surface area contributed by atoms with Crippen molar-refractivity contribution in [3.63, 3.8) is 0 Å². The third-order valence-corrected chi connectivity index (χ3v) is 4.28. The predicted molar refractivity (Wildman–Crippen MR) is 97.4 cm³/mol. The van der Waals surface area contributed by atoms with Gasteiger partial charge in [0.05, 0.1) is 17.5 Å². The summed E-state index contributed by atoms with van der Waals surface area (Å²) < 4.78 is 9.76. The lowest BCUT2D eigenvalue weighted by molar-refractivity contribution is -0.119. The summed E-state index contributed by atoms with van der Waals surface area (Å²) in [7, 11) is 0. The van der Waals surface area contributed by atoms with Crippen LogP contribution in [-0.2, 0) is 9.53 Å². The highest BCUT2D eigenvalue weighted by molar-refractivity contribution is 6.30. The Kier molecular flexibility index (Phi) is 4.33. The lowest BCUT2D eigenvalue weighted by Gasteiger charge is -2.20. The number of carbonyl (C=O) groups is 4. The van der Waals surface area contributed by atoms with Crippen molar-refractivity contribution < 1.29 is 28.3 Å². The summed E-state index contributed by atoms with van der Waals surface area (Å²) in [5.41, 5.74) is 1.14. The Bertz CT molecular complexity index is 1110. The van der Waals surface area contributed by atoms with E-state index in [1.807, 2.05) is 0 Å². The maximum Gasteiger partial charge on any atom is 0.374 e. The molecule has 0 saturated carbocycles. The van der Waals surface area contributed by atoms with Gasteiger partial charge in [0.2, 0.25) is 5.76 Å². The fourth-order valence-corrected chi connectivity index (χ4v) is 3.03. The molecule has 7 heteroatoms. The standard InChI is InChI=1S/C21H13NO6/c23-17(11-28-21(26)16-9-4-10-27-16)22-15-8-3-7-14-18(15)20(25)13-6-2-1-5-12(13)19(14)24/h1-10H,11H2,(H,22,23). The second-order valence-electron chi connectivity index (χ2n) is 6.03. The van der Waals surface area contributed by atoms with Gasteiger partial charge in [-0.25, -0.2) is 4.79 Å². The molecule has 28 heavy (non-hydrogen) atoms. The van der Waals surface area contributed by atoms with Crippen molar-refractivity contribution in [3.05, 3.63) is 88.9 Å². The van der Waals surface area contributed by atoms with Gasteiger partial charge >= 0.3 is 5.97 Å². The van der Waals surface area contributed by atoms with Crippen molar-refractivity contribution in [2.24, 2.45) is 0 Å². The average Bonchev–Trinajstić information content (AvgIpc) is 3.25. The Labute approximate surface area is 158 Å². The van der Waals surface area contributed by atoms with Crippen LogP contribution in [0.3, 0.4) is 0 Å².